The topological polar surface area (TPSA) is 132 Å². The zero-order valence-electron chi connectivity index (χ0n) is 10.6. The molecule has 0 aliphatic carbocycles. The Morgan fingerprint density at radius 2 is 1.42 bits per heavy atom. The predicted molar refractivity (Wildman–Crippen MR) is 62.7 cm³/mol. The fourth-order valence-electron chi connectivity index (χ4n) is 1.19. The molecule has 0 aliphatic heterocycles. The van der Waals surface area contributed by atoms with Gasteiger partial charge in [0.2, 0.25) is 10.4 Å². The van der Waals surface area contributed by atoms with Crippen LogP contribution < -0.4 is 29.6 Å². The Labute approximate surface area is 134 Å². The maximum atomic E-state index is 10.9. The monoisotopic (exact) mass is 320 g/mol. The molecular formula is C9H13NaO7S2. The molecule has 7 nitrogen and oxygen atoms in total. The van der Waals surface area contributed by atoms with Crippen molar-refractivity contribution in [2.24, 2.45) is 0 Å². The third-order valence-electron chi connectivity index (χ3n) is 1.82. The summed E-state index contributed by atoms with van der Waals surface area (Å²) >= 11 is 0. The van der Waals surface area contributed by atoms with Crippen LogP contribution in [0, 0.1) is 0 Å². The number of hydrogen-bond acceptors (Lipinski definition) is 5. The van der Waals surface area contributed by atoms with Crippen molar-refractivity contribution in [3.8, 4) is 0 Å². The van der Waals surface area contributed by atoms with E-state index in [-0.39, 0.29) is 40.4 Å². The molecule has 104 valence electrons. The molecule has 0 saturated carbocycles. The summed E-state index contributed by atoms with van der Waals surface area (Å²) in [7, 11) is -9.00. The van der Waals surface area contributed by atoms with Crippen molar-refractivity contribution >= 4 is 20.5 Å². The summed E-state index contributed by atoms with van der Waals surface area (Å²) in [5.74, 6) is 0.0816. The van der Waals surface area contributed by atoms with Gasteiger partial charge in [0.25, 0.3) is 10.1 Å². The van der Waals surface area contributed by atoms with Crippen molar-refractivity contribution in [2.75, 3.05) is 0 Å². The van der Waals surface area contributed by atoms with Crippen molar-refractivity contribution in [3.05, 3.63) is 29.8 Å². The van der Waals surface area contributed by atoms with Crippen LogP contribution in [0.15, 0.2) is 29.2 Å². The standard InChI is InChI=1S/C9H12O3S.Na.H2O4S/c1-7(2)8-5-3-4-6-9(8)13(10,11)12;;1-5(2,3)4/h3-7H,1-2H3,(H,10,11,12);;(H2,1,2,3,4)/q;+1;/p-1. The maximum Gasteiger partial charge on any atom is 1.00 e. The summed E-state index contributed by atoms with van der Waals surface area (Å²) in [6.45, 7) is 3.76. The molecule has 19 heavy (non-hydrogen) atoms. The molecule has 0 spiro atoms. The molecule has 1 aromatic rings. The molecule has 0 amide bonds. The Morgan fingerprint density at radius 1 is 1.05 bits per heavy atom. The second-order valence-corrected chi connectivity index (χ2v) is 5.84. The van der Waals surface area contributed by atoms with Gasteiger partial charge in [0.1, 0.15) is 0 Å². The van der Waals surface area contributed by atoms with E-state index in [4.69, 9.17) is 22.1 Å². The first-order valence-electron chi connectivity index (χ1n) is 4.67. The zero-order valence-corrected chi connectivity index (χ0v) is 14.3. The van der Waals surface area contributed by atoms with Crippen LogP contribution in [-0.4, -0.2) is 30.5 Å². The van der Waals surface area contributed by atoms with Crippen molar-refractivity contribution < 1.29 is 60.1 Å². The molecule has 0 bridgehead atoms. The molecule has 2 N–H and O–H groups in total. The van der Waals surface area contributed by atoms with Gasteiger partial charge in [-0.3, -0.25) is 9.11 Å². The third kappa shape index (κ3) is 10.4. The van der Waals surface area contributed by atoms with Crippen molar-refractivity contribution in [1.29, 1.82) is 0 Å². The summed E-state index contributed by atoms with van der Waals surface area (Å²) in [6, 6.07) is 6.46. The van der Waals surface area contributed by atoms with E-state index in [9.17, 15) is 8.42 Å². The van der Waals surface area contributed by atoms with E-state index in [0.717, 1.165) is 0 Å². The Balaban J connectivity index is 0. The van der Waals surface area contributed by atoms with Crippen LogP contribution in [0.2, 0.25) is 0 Å². The Bertz CT molecular complexity index is 585. The Kier molecular flexibility index (Phi) is 9.33. The Hall–Kier alpha value is -0.000000000000000222. The first-order chi connectivity index (χ1) is 7.93. The maximum absolute atomic E-state index is 10.9. The summed E-state index contributed by atoms with van der Waals surface area (Å²) < 4.78 is 63.6. The van der Waals surface area contributed by atoms with Gasteiger partial charge >= 0.3 is 29.6 Å². The van der Waals surface area contributed by atoms with Gasteiger partial charge in [0.05, 0.1) is 4.90 Å². The molecule has 0 heterocycles. The molecule has 0 atom stereocenters. The average molecular weight is 320 g/mol. The molecule has 1 aromatic carbocycles. The van der Waals surface area contributed by atoms with E-state index in [0.29, 0.717) is 5.56 Å². The number of rotatable bonds is 2. The van der Waals surface area contributed by atoms with Gasteiger partial charge in [0, 0.05) is 0 Å². The van der Waals surface area contributed by atoms with Crippen LogP contribution in [0.25, 0.3) is 0 Å². The molecular weight excluding hydrogens is 307 g/mol. The first kappa shape index (κ1) is 21.3. The first-order valence-corrected chi connectivity index (χ1v) is 7.48. The van der Waals surface area contributed by atoms with Gasteiger partial charge in [-0.05, 0) is 17.5 Å². The van der Waals surface area contributed by atoms with Crippen molar-refractivity contribution in [1.82, 2.24) is 0 Å². The minimum absolute atomic E-state index is 0. The minimum atomic E-state index is -4.92. The molecule has 1 rings (SSSR count). The van der Waals surface area contributed by atoms with Gasteiger partial charge in [-0.15, -0.1) is 0 Å². The van der Waals surface area contributed by atoms with Crippen LogP contribution >= 0.6 is 0 Å². The molecule has 0 aromatic heterocycles. The summed E-state index contributed by atoms with van der Waals surface area (Å²) in [5, 5.41) is 0. The van der Waals surface area contributed by atoms with Crippen LogP contribution in [0.3, 0.4) is 0 Å². The van der Waals surface area contributed by atoms with Crippen molar-refractivity contribution in [3.63, 3.8) is 0 Å². The molecule has 10 heteroatoms. The zero-order chi connectivity index (χ0) is 14.6. The molecule has 0 fully saturated rings. The van der Waals surface area contributed by atoms with E-state index in [1.807, 2.05) is 13.8 Å². The Morgan fingerprint density at radius 3 is 1.68 bits per heavy atom. The number of hydrogen-bond donors (Lipinski definition) is 2. The molecule has 0 unspecified atom stereocenters. The van der Waals surface area contributed by atoms with Crippen LogP contribution in [0.5, 0.6) is 0 Å². The SMILES string of the molecule is CC(C)c1ccccc1S(=O)(=O)O.O=S(=O)([O-])O.[Na+]. The quantitative estimate of drug-likeness (QED) is 0.368. The molecule has 0 aliphatic rings. The van der Waals surface area contributed by atoms with Crippen LogP contribution in [0.1, 0.15) is 25.3 Å². The fraction of sp³-hybridized carbons (Fsp3) is 0.333. The largest absolute Gasteiger partial charge is 1.00 e. The molecule has 0 saturated heterocycles. The van der Waals surface area contributed by atoms with E-state index < -0.39 is 20.5 Å². The van der Waals surface area contributed by atoms with Crippen LogP contribution in [0.4, 0.5) is 0 Å². The fourth-order valence-corrected chi connectivity index (χ4v) is 2.04. The van der Waals surface area contributed by atoms with E-state index in [1.165, 1.54) is 6.07 Å². The predicted octanol–water partition coefficient (Wildman–Crippen LogP) is -1.93. The van der Waals surface area contributed by atoms with E-state index in [1.54, 1.807) is 18.2 Å². The average Bonchev–Trinajstić information content (AvgIpc) is 2.13. The normalized spacial score (nSPS) is 11.3. The summed E-state index contributed by atoms with van der Waals surface area (Å²) in [4.78, 5) is 0.00463. The summed E-state index contributed by atoms with van der Waals surface area (Å²) in [5.41, 5.74) is 0.644. The van der Waals surface area contributed by atoms with Gasteiger partial charge in [-0.1, -0.05) is 32.0 Å². The smallest absolute Gasteiger partial charge is 0.726 e. The van der Waals surface area contributed by atoms with Crippen molar-refractivity contribution in [2.45, 2.75) is 24.7 Å². The molecule has 0 radical (unpaired) electrons. The minimum Gasteiger partial charge on any atom is -0.726 e. The third-order valence-corrected chi connectivity index (χ3v) is 2.75. The van der Waals surface area contributed by atoms with E-state index in [2.05, 4.69) is 0 Å². The van der Waals surface area contributed by atoms with E-state index >= 15 is 0 Å². The van der Waals surface area contributed by atoms with Crippen LogP contribution in [-0.2, 0) is 20.5 Å². The van der Waals surface area contributed by atoms with Gasteiger partial charge < -0.3 is 4.55 Å². The summed E-state index contributed by atoms with van der Waals surface area (Å²) in [6.07, 6.45) is 0. The van der Waals surface area contributed by atoms with Gasteiger partial charge in [0.15, 0.2) is 0 Å². The van der Waals surface area contributed by atoms with Gasteiger partial charge in [-0.25, -0.2) is 8.42 Å². The second kappa shape index (κ2) is 8.32. The number of benzene rings is 1. The second-order valence-electron chi connectivity index (χ2n) is 3.60. The van der Waals surface area contributed by atoms with Gasteiger partial charge in [-0.2, -0.15) is 8.42 Å².